The molecule has 2 rings (SSSR count). The Labute approximate surface area is 138 Å². The summed E-state index contributed by atoms with van der Waals surface area (Å²) in [7, 11) is 2.80. The Morgan fingerprint density at radius 2 is 1.67 bits per heavy atom. The fourth-order valence-corrected chi connectivity index (χ4v) is 2.34. The normalized spacial score (nSPS) is 12.3. The van der Waals surface area contributed by atoms with Gasteiger partial charge in [-0.15, -0.1) is 0 Å². The van der Waals surface area contributed by atoms with Crippen molar-refractivity contribution >= 4 is 11.6 Å². The standard InChI is InChI=1S/C17H20F3N3O/c1-16(2,3)11-6-8-12(9-7-11)23(5)15(24)13-10-22(4)21-14(13)17(18,19)20/h6-10H,1-5H3. The number of aromatic nitrogens is 2. The average Bonchev–Trinajstić information content (AvgIpc) is 2.87. The molecule has 0 aliphatic heterocycles. The van der Waals surface area contributed by atoms with E-state index >= 15 is 0 Å². The third-order valence-electron chi connectivity index (χ3n) is 3.75. The molecule has 130 valence electrons. The largest absolute Gasteiger partial charge is 0.435 e. The number of amides is 1. The number of halogens is 3. The monoisotopic (exact) mass is 339 g/mol. The number of rotatable bonds is 2. The molecule has 2 aromatic rings. The molecule has 0 aliphatic rings. The molecule has 0 unspecified atom stereocenters. The van der Waals surface area contributed by atoms with E-state index in [1.54, 1.807) is 12.1 Å². The zero-order chi connectivity index (χ0) is 18.3. The number of carbonyl (C=O) groups is 1. The Balaban J connectivity index is 2.34. The summed E-state index contributed by atoms with van der Waals surface area (Å²) in [6.07, 6.45) is -3.59. The van der Waals surface area contributed by atoms with Gasteiger partial charge in [0, 0.05) is 26.0 Å². The smallest absolute Gasteiger partial charge is 0.311 e. The minimum absolute atomic E-state index is 0.0477. The summed E-state index contributed by atoms with van der Waals surface area (Å²) < 4.78 is 40.1. The van der Waals surface area contributed by atoms with Crippen LogP contribution >= 0.6 is 0 Å². The van der Waals surface area contributed by atoms with Gasteiger partial charge in [0.25, 0.3) is 5.91 Å². The van der Waals surface area contributed by atoms with Gasteiger partial charge in [0.2, 0.25) is 0 Å². The van der Waals surface area contributed by atoms with Crippen molar-refractivity contribution in [2.45, 2.75) is 32.4 Å². The number of anilines is 1. The van der Waals surface area contributed by atoms with E-state index in [4.69, 9.17) is 0 Å². The van der Waals surface area contributed by atoms with E-state index < -0.39 is 23.3 Å². The van der Waals surface area contributed by atoms with Gasteiger partial charge in [0.05, 0.1) is 5.56 Å². The molecule has 1 amide bonds. The van der Waals surface area contributed by atoms with E-state index in [2.05, 4.69) is 25.9 Å². The zero-order valence-electron chi connectivity index (χ0n) is 14.3. The van der Waals surface area contributed by atoms with Crippen molar-refractivity contribution in [3.8, 4) is 0 Å². The van der Waals surface area contributed by atoms with Crippen molar-refractivity contribution in [3.05, 3.63) is 47.3 Å². The van der Waals surface area contributed by atoms with Gasteiger partial charge in [0.15, 0.2) is 5.69 Å². The fourth-order valence-electron chi connectivity index (χ4n) is 2.34. The number of hydrogen-bond acceptors (Lipinski definition) is 2. The molecular formula is C17H20F3N3O. The van der Waals surface area contributed by atoms with Crippen molar-refractivity contribution in [3.63, 3.8) is 0 Å². The number of aryl methyl sites for hydroxylation is 1. The maximum absolute atomic E-state index is 13.0. The molecule has 0 saturated carbocycles. The quantitative estimate of drug-likeness (QED) is 0.829. The first-order chi connectivity index (χ1) is 10.9. The van der Waals surface area contributed by atoms with Crippen LogP contribution in [0.1, 0.15) is 42.4 Å². The molecule has 0 atom stereocenters. The Bertz CT molecular complexity index is 740. The number of benzene rings is 1. The maximum atomic E-state index is 13.0. The number of nitrogens with zero attached hydrogens (tertiary/aromatic N) is 3. The first-order valence-electron chi connectivity index (χ1n) is 7.40. The van der Waals surface area contributed by atoms with Crippen molar-refractivity contribution < 1.29 is 18.0 Å². The third kappa shape index (κ3) is 3.60. The van der Waals surface area contributed by atoms with Crippen LogP contribution in [0.5, 0.6) is 0 Å². The minimum Gasteiger partial charge on any atom is -0.311 e. The van der Waals surface area contributed by atoms with Crippen LogP contribution in [0.15, 0.2) is 30.5 Å². The lowest BCUT2D eigenvalue weighted by atomic mass is 9.87. The Morgan fingerprint density at radius 3 is 2.12 bits per heavy atom. The first kappa shape index (κ1) is 18.0. The molecule has 0 N–H and O–H groups in total. The topological polar surface area (TPSA) is 38.1 Å². The molecule has 1 aromatic heterocycles. The molecule has 4 nitrogen and oxygen atoms in total. The lowest BCUT2D eigenvalue weighted by Gasteiger charge is -2.22. The predicted octanol–water partition coefficient (Wildman–Crippen LogP) is 4.01. The van der Waals surface area contributed by atoms with Crippen LogP contribution in [0.2, 0.25) is 0 Å². The van der Waals surface area contributed by atoms with Gasteiger partial charge in [-0.1, -0.05) is 32.9 Å². The highest BCUT2D eigenvalue weighted by atomic mass is 19.4. The first-order valence-corrected chi connectivity index (χ1v) is 7.40. The Morgan fingerprint density at radius 1 is 1.12 bits per heavy atom. The highest BCUT2D eigenvalue weighted by Crippen LogP contribution is 2.32. The zero-order valence-corrected chi connectivity index (χ0v) is 14.3. The summed E-state index contributed by atoms with van der Waals surface area (Å²) in [6, 6.07) is 7.18. The minimum atomic E-state index is -4.68. The molecule has 24 heavy (non-hydrogen) atoms. The summed E-state index contributed by atoms with van der Waals surface area (Å²) >= 11 is 0. The highest BCUT2D eigenvalue weighted by molar-refractivity contribution is 6.06. The van der Waals surface area contributed by atoms with Crippen LogP contribution < -0.4 is 4.90 Å². The van der Waals surface area contributed by atoms with Gasteiger partial charge in [0.1, 0.15) is 0 Å². The lowest BCUT2D eigenvalue weighted by Crippen LogP contribution is -2.28. The molecule has 7 heteroatoms. The average molecular weight is 339 g/mol. The van der Waals surface area contributed by atoms with Crippen molar-refractivity contribution in [1.29, 1.82) is 0 Å². The molecule has 0 spiro atoms. The number of alkyl halides is 3. The summed E-state index contributed by atoms with van der Waals surface area (Å²) in [5.74, 6) is -0.751. The Hall–Kier alpha value is -2.31. The van der Waals surface area contributed by atoms with E-state index in [0.29, 0.717) is 5.69 Å². The van der Waals surface area contributed by atoms with Gasteiger partial charge in [-0.2, -0.15) is 18.3 Å². The van der Waals surface area contributed by atoms with Crippen molar-refractivity contribution in [2.24, 2.45) is 7.05 Å². The van der Waals surface area contributed by atoms with Crippen LogP contribution in [-0.4, -0.2) is 22.7 Å². The van der Waals surface area contributed by atoms with E-state index in [0.717, 1.165) is 16.4 Å². The second-order valence-electron chi connectivity index (χ2n) is 6.72. The van der Waals surface area contributed by atoms with Gasteiger partial charge in [-0.05, 0) is 23.1 Å². The van der Waals surface area contributed by atoms with Crippen LogP contribution in [-0.2, 0) is 18.6 Å². The molecule has 0 aliphatic carbocycles. The van der Waals surface area contributed by atoms with Crippen molar-refractivity contribution in [1.82, 2.24) is 9.78 Å². The van der Waals surface area contributed by atoms with Crippen LogP contribution in [0, 0.1) is 0 Å². The Kier molecular flexibility index (Phi) is 4.48. The SMILES string of the molecule is CN(C(=O)c1cn(C)nc1C(F)(F)F)c1ccc(C(C)(C)C)cc1. The molecule has 0 bridgehead atoms. The summed E-state index contributed by atoms with van der Waals surface area (Å²) in [6.45, 7) is 6.17. The summed E-state index contributed by atoms with van der Waals surface area (Å²) in [5.41, 5.74) is -0.0940. The van der Waals surface area contributed by atoms with E-state index in [9.17, 15) is 18.0 Å². The van der Waals surface area contributed by atoms with E-state index in [1.165, 1.54) is 19.0 Å². The van der Waals surface area contributed by atoms with Crippen LogP contribution in [0.4, 0.5) is 18.9 Å². The summed E-state index contributed by atoms with van der Waals surface area (Å²) in [4.78, 5) is 13.7. The molecule has 1 heterocycles. The highest BCUT2D eigenvalue weighted by Gasteiger charge is 2.39. The molecule has 0 radical (unpaired) electrons. The second-order valence-corrected chi connectivity index (χ2v) is 6.72. The second kappa shape index (κ2) is 5.96. The fraction of sp³-hybridized carbons (Fsp3) is 0.412. The molecule has 0 fully saturated rings. The van der Waals surface area contributed by atoms with Gasteiger partial charge in [-0.3, -0.25) is 9.48 Å². The van der Waals surface area contributed by atoms with Gasteiger partial charge >= 0.3 is 6.18 Å². The van der Waals surface area contributed by atoms with Crippen molar-refractivity contribution in [2.75, 3.05) is 11.9 Å². The third-order valence-corrected chi connectivity index (χ3v) is 3.75. The maximum Gasteiger partial charge on any atom is 0.435 e. The number of hydrogen-bond donors (Lipinski definition) is 0. The van der Waals surface area contributed by atoms with Crippen LogP contribution in [0.25, 0.3) is 0 Å². The molecule has 0 saturated heterocycles. The molecular weight excluding hydrogens is 319 g/mol. The van der Waals surface area contributed by atoms with Gasteiger partial charge < -0.3 is 4.90 Å². The summed E-state index contributed by atoms with van der Waals surface area (Å²) in [5, 5.41) is 3.37. The van der Waals surface area contributed by atoms with E-state index in [1.807, 2.05) is 12.1 Å². The predicted molar refractivity (Wildman–Crippen MR) is 86.1 cm³/mol. The number of carbonyl (C=O) groups excluding carboxylic acids is 1. The van der Waals surface area contributed by atoms with E-state index in [-0.39, 0.29) is 5.41 Å². The lowest BCUT2D eigenvalue weighted by molar-refractivity contribution is -0.141. The van der Waals surface area contributed by atoms with Crippen LogP contribution in [0.3, 0.4) is 0 Å². The molecule has 1 aromatic carbocycles. The van der Waals surface area contributed by atoms with Gasteiger partial charge in [-0.25, -0.2) is 0 Å².